The van der Waals surface area contributed by atoms with Gasteiger partial charge in [0.2, 0.25) is 0 Å². The zero-order valence-electron chi connectivity index (χ0n) is 16.6. The molecule has 28 heavy (non-hydrogen) atoms. The van der Waals surface area contributed by atoms with E-state index in [1.807, 2.05) is 6.92 Å². The Hall–Kier alpha value is 2.31. The van der Waals surface area contributed by atoms with Crippen LogP contribution in [0.5, 0.6) is 0 Å². The minimum absolute atomic E-state index is 0. The molecule has 0 aliphatic heterocycles. The summed E-state index contributed by atoms with van der Waals surface area (Å²) in [4.78, 5) is 18.6. The summed E-state index contributed by atoms with van der Waals surface area (Å²) in [6.45, 7) is 3.94. The normalized spacial score (nSPS) is 16.3. The van der Waals surface area contributed by atoms with Crippen molar-refractivity contribution in [3.8, 4) is 0 Å². The van der Waals surface area contributed by atoms with Crippen molar-refractivity contribution in [3.05, 3.63) is 0 Å². The van der Waals surface area contributed by atoms with Crippen molar-refractivity contribution in [1.29, 1.82) is 0 Å². The van der Waals surface area contributed by atoms with E-state index in [1.165, 1.54) is 7.11 Å². The summed E-state index contributed by atoms with van der Waals surface area (Å²) >= 11 is 0. The number of hydrogen-bond donors (Lipinski definition) is 2. The second kappa shape index (κ2) is 21.2. The molecule has 0 aromatic heterocycles. The molecule has 0 bridgehead atoms. The average Bonchev–Trinajstić information content (AvgIpc) is 2.57. The van der Waals surface area contributed by atoms with Crippen LogP contribution in [0.1, 0.15) is 20.3 Å². The molecular formula is C13H30O11P2Y2. The van der Waals surface area contributed by atoms with Crippen LogP contribution in [0.15, 0.2) is 0 Å². The van der Waals surface area contributed by atoms with Crippen LogP contribution >= 0.6 is 15.6 Å². The number of methoxy groups -OCH3 is 1. The maximum absolute atomic E-state index is 11.4. The zero-order chi connectivity index (χ0) is 19.9. The predicted octanol–water partition coefficient (Wildman–Crippen LogP) is 1.73. The Morgan fingerprint density at radius 1 is 0.786 bits per heavy atom. The summed E-state index contributed by atoms with van der Waals surface area (Å²) in [6, 6.07) is 0. The number of phosphoric acid groups is 2. The minimum Gasteiger partial charge on any atom is -0.382 e. The summed E-state index contributed by atoms with van der Waals surface area (Å²) in [5.41, 5.74) is 0. The molecule has 0 spiro atoms. The van der Waals surface area contributed by atoms with Crippen molar-refractivity contribution in [1.82, 2.24) is 0 Å². The first kappa shape index (κ1) is 34.9. The van der Waals surface area contributed by atoms with Crippen molar-refractivity contribution < 1.29 is 117 Å². The van der Waals surface area contributed by atoms with Crippen LogP contribution in [0.4, 0.5) is 0 Å². The molecule has 164 valence electrons. The van der Waals surface area contributed by atoms with E-state index >= 15 is 0 Å². The SMILES string of the molecule is CCCOP(=O)(O)OCCOCC(C)OCCOP(=O)(O)OCCOC.[Y].[Y]. The second-order valence-electron chi connectivity index (χ2n) is 5.02. The Labute approximate surface area is 216 Å². The molecule has 3 atom stereocenters. The van der Waals surface area contributed by atoms with Gasteiger partial charge in [0, 0.05) is 72.5 Å². The van der Waals surface area contributed by atoms with Crippen molar-refractivity contribution >= 4 is 15.6 Å². The van der Waals surface area contributed by atoms with Gasteiger partial charge in [-0.25, -0.2) is 9.13 Å². The zero-order valence-corrected chi connectivity index (χ0v) is 24.0. The molecule has 0 saturated carbocycles. The quantitative estimate of drug-likeness (QED) is 0.175. The van der Waals surface area contributed by atoms with Crippen LogP contribution < -0.4 is 0 Å². The van der Waals surface area contributed by atoms with Gasteiger partial charge in [-0.1, -0.05) is 6.92 Å². The Kier molecular flexibility index (Phi) is 26.4. The Morgan fingerprint density at radius 2 is 1.25 bits per heavy atom. The number of hydrogen-bond acceptors (Lipinski definition) is 9. The van der Waals surface area contributed by atoms with Gasteiger partial charge in [-0.3, -0.25) is 18.1 Å². The molecule has 0 aromatic rings. The first-order valence-corrected chi connectivity index (χ1v) is 11.1. The first-order valence-electron chi connectivity index (χ1n) is 8.14. The molecule has 3 unspecified atom stereocenters. The third kappa shape index (κ3) is 23.0. The molecule has 0 aromatic carbocycles. The topological polar surface area (TPSA) is 139 Å². The van der Waals surface area contributed by atoms with E-state index in [9.17, 15) is 18.9 Å². The van der Waals surface area contributed by atoms with Gasteiger partial charge in [0.05, 0.1) is 59.0 Å². The summed E-state index contributed by atoms with van der Waals surface area (Å²) in [6.07, 6.45) is 0.289. The van der Waals surface area contributed by atoms with E-state index in [1.54, 1.807) is 6.92 Å². The molecule has 0 fully saturated rings. The van der Waals surface area contributed by atoms with E-state index in [0.717, 1.165) is 0 Å². The van der Waals surface area contributed by atoms with E-state index in [0.29, 0.717) is 6.42 Å². The standard InChI is InChI=1S/C13H30O11P2.2Y/c1-4-5-21-25(14,15)23-10-7-19-12-13(2)20-8-11-24-26(16,17)22-9-6-18-3;;/h13H,4-12H2,1-3H3,(H,14,15)(H,16,17);;. The molecule has 0 amide bonds. The van der Waals surface area contributed by atoms with Gasteiger partial charge in [0.1, 0.15) is 0 Å². The van der Waals surface area contributed by atoms with Crippen LogP contribution in [0.25, 0.3) is 0 Å². The van der Waals surface area contributed by atoms with E-state index < -0.39 is 15.6 Å². The average molecular weight is 602 g/mol. The van der Waals surface area contributed by atoms with Gasteiger partial charge < -0.3 is 24.0 Å². The molecular weight excluding hydrogens is 572 g/mol. The monoisotopic (exact) mass is 602 g/mol. The fourth-order valence-electron chi connectivity index (χ4n) is 1.43. The van der Waals surface area contributed by atoms with Gasteiger partial charge in [-0.15, -0.1) is 0 Å². The van der Waals surface area contributed by atoms with E-state index in [4.69, 9.17) is 18.5 Å². The molecule has 0 aliphatic rings. The smallest absolute Gasteiger partial charge is 0.382 e. The van der Waals surface area contributed by atoms with Gasteiger partial charge in [0.15, 0.2) is 0 Å². The molecule has 11 nitrogen and oxygen atoms in total. The van der Waals surface area contributed by atoms with Gasteiger partial charge in [-0.2, -0.15) is 0 Å². The second-order valence-corrected chi connectivity index (χ2v) is 7.93. The Balaban J connectivity index is -0.00000312. The van der Waals surface area contributed by atoms with E-state index in [2.05, 4.69) is 13.8 Å². The van der Waals surface area contributed by atoms with Crippen molar-refractivity contribution in [3.63, 3.8) is 0 Å². The van der Waals surface area contributed by atoms with Crippen LogP contribution in [-0.4, -0.2) is 75.9 Å². The first-order chi connectivity index (χ1) is 12.2. The van der Waals surface area contributed by atoms with E-state index in [-0.39, 0.29) is 124 Å². The van der Waals surface area contributed by atoms with Gasteiger partial charge in [-0.05, 0) is 13.3 Å². The fourth-order valence-corrected chi connectivity index (χ4v) is 2.91. The maximum atomic E-state index is 11.4. The summed E-state index contributed by atoms with van der Waals surface area (Å²) in [7, 11) is -6.68. The predicted molar refractivity (Wildman–Crippen MR) is 91.9 cm³/mol. The minimum atomic E-state index is -4.11. The van der Waals surface area contributed by atoms with Gasteiger partial charge in [0.25, 0.3) is 0 Å². The van der Waals surface area contributed by atoms with Crippen molar-refractivity contribution in [2.75, 3.05) is 60.0 Å². The number of rotatable bonds is 18. The molecule has 0 aliphatic carbocycles. The molecule has 15 heteroatoms. The van der Waals surface area contributed by atoms with Crippen LogP contribution in [0.2, 0.25) is 0 Å². The number of ether oxygens (including phenoxy) is 3. The fraction of sp³-hybridized carbons (Fsp3) is 1.00. The molecule has 2 N–H and O–H groups in total. The molecule has 0 saturated heterocycles. The Morgan fingerprint density at radius 3 is 1.75 bits per heavy atom. The van der Waals surface area contributed by atoms with Crippen molar-refractivity contribution in [2.45, 2.75) is 26.4 Å². The summed E-state index contributed by atoms with van der Waals surface area (Å²) in [5, 5.41) is 0. The van der Waals surface area contributed by atoms with Crippen LogP contribution in [-0.2, 0) is 107 Å². The van der Waals surface area contributed by atoms with Crippen LogP contribution in [0, 0.1) is 0 Å². The maximum Gasteiger partial charge on any atom is 0.472 e. The van der Waals surface area contributed by atoms with Gasteiger partial charge >= 0.3 is 15.6 Å². The largest absolute Gasteiger partial charge is 0.472 e. The Bertz CT molecular complexity index is 445. The van der Waals surface area contributed by atoms with Crippen LogP contribution in [0.3, 0.4) is 0 Å². The summed E-state index contributed by atoms with van der Waals surface area (Å²) < 4.78 is 56.8. The molecule has 0 rings (SSSR count). The third-order valence-electron chi connectivity index (χ3n) is 2.58. The van der Waals surface area contributed by atoms with Crippen molar-refractivity contribution in [2.24, 2.45) is 0 Å². The molecule has 0 heterocycles. The third-order valence-corrected chi connectivity index (χ3v) is 4.61. The summed E-state index contributed by atoms with van der Waals surface area (Å²) in [5.74, 6) is 0. The molecule has 2 radical (unpaired) electrons. The number of phosphoric ester groups is 2.